The van der Waals surface area contributed by atoms with Gasteiger partial charge in [0.2, 0.25) is 0 Å². The molecule has 1 heterocycles. The van der Waals surface area contributed by atoms with Crippen LogP contribution in [0.5, 0.6) is 0 Å². The van der Waals surface area contributed by atoms with Crippen molar-refractivity contribution in [3.8, 4) is 11.1 Å². The molecule has 0 spiro atoms. The molecule has 1 aromatic heterocycles. The number of thiophene rings is 1. The molecule has 0 atom stereocenters. The Morgan fingerprint density at radius 3 is 2.29 bits per heavy atom. The minimum atomic E-state index is -4.35. The quantitative estimate of drug-likeness (QED) is 0.756. The number of hydrogen-bond acceptors (Lipinski definition) is 2. The number of halogens is 3. The van der Waals surface area contributed by atoms with Crippen molar-refractivity contribution in [1.29, 1.82) is 0 Å². The van der Waals surface area contributed by atoms with Gasteiger partial charge in [-0.2, -0.15) is 13.2 Å². The average Bonchev–Trinajstić information content (AvgIpc) is 2.63. The maximum absolute atomic E-state index is 12.5. The van der Waals surface area contributed by atoms with E-state index in [9.17, 15) is 13.2 Å². The van der Waals surface area contributed by atoms with Crippen molar-refractivity contribution < 1.29 is 13.2 Å². The SMILES string of the molecule is Cc1sccc1-c1ccc(C(F)(F)F)cc1N. The van der Waals surface area contributed by atoms with Crippen molar-refractivity contribution >= 4 is 17.0 Å². The van der Waals surface area contributed by atoms with E-state index in [1.807, 2.05) is 18.4 Å². The van der Waals surface area contributed by atoms with E-state index in [0.717, 1.165) is 22.6 Å². The summed E-state index contributed by atoms with van der Waals surface area (Å²) >= 11 is 1.54. The third-order valence-corrected chi connectivity index (χ3v) is 3.37. The molecule has 0 unspecified atom stereocenters. The topological polar surface area (TPSA) is 26.0 Å². The van der Waals surface area contributed by atoms with Crippen LogP contribution < -0.4 is 5.73 Å². The first kappa shape index (κ1) is 12.0. The first-order chi connectivity index (χ1) is 7.89. The molecule has 90 valence electrons. The number of nitrogens with two attached hydrogens (primary N) is 1. The second-order valence-corrected chi connectivity index (χ2v) is 4.81. The van der Waals surface area contributed by atoms with E-state index in [1.54, 1.807) is 0 Å². The summed E-state index contributed by atoms with van der Waals surface area (Å²) in [7, 11) is 0. The maximum Gasteiger partial charge on any atom is 0.416 e. The summed E-state index contributed by atoms with van der Waals surface area (Å²) in [4.78, 5) is 1.04. The number of rotatable bonds is 1. The lowest BCUT2D eigenvalue weighted by atomic mass is 10.0. The second kappa shape index (κ2) is 4.07. The first-order valence-electron chi connectivity index (χ1n) is 4.91. The first-order valence-corrected chi connectivity index (χ1v) is 5.79. The Labute approximate surface area is 101 Å². The van der Waals surface area contributed by atoms with Crippen LogP contribution in [0.15, 0.2) is 29.6 Å². The molecule has 0 saturated carbocycles. The largest absolute Gasteiger partial charge is 0.416 e. The zero-order valence-corrected chi connectivity index (χ0v) is 9.82. The highest BCUT2D eigenvalue weighted by Crippen LogP contribution is 2.36. The Balaban J connectivity index is 2.50. The predicted octanol–water partition coefficient (Wildman–Crippen LogP) is 4.32. The van der Waals surface area contributed by atoms with Crippen molar-refractivity contribution in [3.05, 3.63) is 40.1 Å². The summed E-state index contributed by atoms with van der Waals surface area (Å²) in [6.07, 6.45) is -4.35. The van der Waals surface area contributed by atoms with Crippen LogP contribution in [0.25, 0.3) is 11.1 Å². The Morgan fingerprint density at radius 1 is 1.12 bits per heavy atom. The third-order valence-electron chi connectivity index (χ3n) is 2.53. The van der Waals surface area contributed by atoms with Gasteiger partial charge in [0, 0.05) is 16.1 Å². The van der Waals surface area contributed by atoms with E-state index in [0.29, 0.717) is 5.56 Å². The highest BCUT2D eigenvalue weighted by atomic mass is 32.1. The second-order valence-electron chi connectivity index (χ2n) is 3.69. The van der Waals surface area contributed by atoms with Gasteiger partial charge in [0.1, 0.15) is 0 Å². The van der Waals surface area contributed by atoms with Crippen LogP contribution in [-0.2, 0) is 6.18 Å². The summed E-state index contributed by atoms with van der Waals surface area (Å²) in [6.45, 7) is 1.91. The molecule has 0 bridgehead atoms. The molecular weight excluding hydrogens is 247 g/mol. The van der Waals surface area contributed by atoms with Gasteiger partial charge in [0.25, 0.3) is 0 Å². The third kappa shape index (κ3) is 2.29. The normalized spacial score (nSPS) is 11.8. The van der Waals surface area contributed by atoms with Crippen molar-refractivity contribution in [2.24, 2.45) is 0 Å². The number of alkyl halides is 3. The molecular formula is C12H10F3NS. The van der Waals surface area contributed by atoms with Crippen molar-refractivity contribution in [2.75, 3.05) is 5.73 Å². The summed E-state index contributed by atoms with van der Waals surface area (Å²) < 4.78 is 37.4. The highest BCUT2D eigenvalue weighted by molar-refractivity contribution is 7.10. The molecule has 0 fully saturated rings. The van der Waals surface area contributed by atoms with Crippen LogP contribution in [0.1, 0.15) is 10.4 Å². The molecule has 0 aliphatic carbocycles. The number of benzene rings is 1. The maximum atomic E-state index is 12.5. The summed E-state index contributed by atoms with van der Waals surface area (Å²) in [5.41, 5.74) is 6.66. The van der Waals surface area contributed by atoms with Gasteiger partial charge in [0.15, 0.2) is 0 Å². The van der Waals surface area contributed by atoms with E-state index >= 15 is 0 Å². The fraction of sp³-hybridized carbons (Fsp3) is 0.167. The van der Waals surface area contributed by atoms with Gasteiger partial charge in [-0.15, -0.1) is 11.3 Å². The summed E-state index contributed by atoms with van der Waals surface area (Å²) in [5, 5.41) is 1.89. The molecule has 2 aromatic rings. The highest BCUT2D eigenvalue weighted by Gasteiger charge is 2.30. The zero-order chi connectivity index (χ0) is 12.6. The standard InChI is InChI=1S/C12H10F3NS/c1-7-9(4-5-17-7)10-3-2-8(6-11(10)16)12(13,14)15/h2-6H,16H2,1H3. The average molecular weight is 257 g/mol. The molecule has 1 aromatic carbocycles. The van der Waals surface area contributed by atoms with Gasteiger partial charge in [0.05, 0.1) is 5.56 Å². The van der Waals surface area contributed by atoms with Crippen molar-refractivity contribution in [1.82, 2.24) is 0 Å². The molecule has 0 amide bonds. The lowest BCUT2D eigenvalue weighted by molar-refractivity contribution is -0.137. The summed E-state index contributed by atoms with van der Waals surface area (Å²) in [5.74, 6) is 0. The van der Waals surface area contributed by atoms with E-state index in [-0.39, 0.29) is 5.69 Å². The van der Waals surface area contributed by atoms with Gasteiger partial charge < -0.3 is 5.73 Å². The monoisotopic (exact) mass is 257 g/mol. The molecule has 0 saturated heterocycles. The molecule has 1 nitrogen and oxygen atoms in total. The van der Waals surface area contributed by atoms with E-state index in [1.165, 1.54) is 17.4 Å². The van der Waals surface area contributed by atoms with Gasteiger partial charge >= 0.3 is 6.18 Å². The van der Waals surface area contributed by atoms with Crippen LogP contribution in [0.3, 0.4) is 0 Å². The Morgan fingerprint density at radius 2 is 1.82 bits per heavy atom. The van der Waals surface area contributed by atoms with E-state index in [2.05, 4.69) is 0 Å². The molecule has 0 radical (unpaired) electrons. The number of anilines is 1. The molecule has 5 heteroatoms. The Bertz CT molecular complexity index is 543. The lowest BCUT2D eigenvalue weighted by Crippen LogP contribution is -2.05. The van der Waals surface area contributed by atoms with Gasteiger partial charge in [-0.3, -0.25) is 0 Å². The van der Waals surface area contributed by atoms with Crippen LogP contribution in [0.4, 0.5) is 18.9 Å². The minimum absolute atomic E-state index is 0.154. The van der Waals surface area contributed by atoms with Crippen LogP contribution in [0.2, 0.25) is 0 Å². The number of aryl methyl sites for hydroxylation is 1. The smallest absolute Gasteiger partial charge is 0.398 e. The van der Waals surface area contributed by atoms with E-state index < -0.39 is 11.7 Å². The predicted molar refractivity (Wildman–Crippen MR) is 63.9 cm³/mol. The number of hydrogen-bond donors (Lipinski definition) is 1. The zero-order valence-electron chi connectivity index (χ0n) is 9.01. The van der Waals surface area contributed by atoms with E-state index in [4.69, 9.17) is 5.73 Å². The molecule has 17 heavy (non-hydrogen) atoms. The van der Waals surface area contributed by atoms with Crippen molar-refractivity contribution in [3.63, 3.8) is 0 Å². The van der Waals surface area contributed by atoms with Gasteiger partial charge in [-0.05, 0) is 36.1 Å². The lowest BCUT2D eigenvalue weighted by Gasteiger charge is -2.10. The van der Waals surface area contributed by atoms with Crippen LogP contribution in [-0.4, -0.2) is 0 Å². The Kier molecular flexibility index (Phi) is 2.87. The Hall–Kier alpha value is -1.49. The molecule has 2 N–H and O–H groups in total. The van der Waals surface area contributed by atoms with Crippen LogP contribution >= 0.6 is 11.3 Å². The van der Waals surface area contributed by atoms with Crippen molar-refractivity contribution in [2.45, 2.75) is 13.1 Å². The number of nitrogen functional groups attached to an aromatic ring is 1. The minimum Gasteiger partial charge on any atom is -0.398 e. The fourth-order valence-electron chi connectivity index (χ4n) is 1.65. The molecule has 0 aliphatic rings. The summed E-state index contributed by atoms with van der Waals surface area (Å²) in [6, 6.07) is 5.32. The fourth-order valence-corrected chi connectivity index (χ4v) is 2.36. The molecule has 0 aliphatic heterocycles. The molecule has 2 rings (SSSR count). The van der Waals surface area contributed by atoms with Crippen LogP contribution in [0, 0.1) is 6.92 Å². The van der Waals surface area contributed by atoms with Gasteiger partial charge in [-0.1, -0.05) is 6.07 Å². The van der Waals surface area contributed by atoms with Gasteiger partial charge in [-0.25, -0.2) is 0 Å².